The molecular weight excluding hydrogens is 305 g/mol. The minimum atomic E-state index is -1.65. The van der Waals surface area contributed by atoms with Gasteiger partial charge >= 0.3 is 7.12 Å². The number of phenolic OH excluding ortho intramolecular Hbond substituents is 1. The van der Waals surface area contributed by atoms with Gasteiger partial charge in [0.05, 0.1) is 0 Å². The van der Waals surface area contributed by atoms with Crippen molar-refractivity contribution in [3.05, 3.63) is 64.7 Å². The van der Waals surface area contributed by atoms with Crippen molar-refractivity contribution in [3.63, 3.8) is 0 Å². The number of aryl methyl sites for hydroxylation is 1. The Balaban J connectivity index is 2.16. The standard InChI is InChI=1S/C18H22BNO4/c1-12-4-2-7-15(18(12)22)9-16(19(23)24)10-17(21)14-6-3-5-13(8-14)11-20/h2-8,16,22-24H,9-11,20H2,1H3. The van der Waals surface area contributed by atoms with Crippen LogP contribution in [0.1, 0.15) is 33.5 Å². The highest BCUT2D eigenvalue weighted by Crippen LogP contribution is 2.29. The molecule has 0 aromatic heterocycles. The van der Waals surface area contributed by atoms with Crippen LogP contribution in [0.3, 0.4) is 0 Å². The molecule has 126 valence electrons. The molecule has 5 nitrogen and oxygen atoms in total. The molecule has 2 rings (SSSR count). The summed E-state index contributed by atoms with van der Waals surface area (Å²) in [4.78, 5) is 12.4. The molecule has 0 heterocycles. The Bertz CT molecular complexity index is 718. The van der Waals surface area contributed by atoms with Gasteiger partial charge in [-0.3, -0.25) is 4.79 Å². The van der Waals surface area contributed by atoms with Crippen LogP contribution in [-0.2, 0) is 13.0 Å². The molecule has 2 aromatic rings. The molecule has 2 aromatic carbocycles. The molecule has 0 amide bonds. The fourth-order valence-corrected chi connectivity index (χ4v) is 2.68. The van der Waals surface area contributed by atoms with Gasteiger partial charge in [0.2, 0.25) is 0 Å². The largest absolute Gasteiger partial charge is 0.507 e. The summed E-state index contributed by atoms with van der Waals surface area (Å²) in [5.41, 5.74) is 8.23. The smallest absolute Gasteiger partial charge is 0.455 e. The average Bonchev–Trinajstić information content (AvgIpc) is 2.58. The third-order valence-corrected chi connectivity index (χ3v) is 4.16. The number of phenols is 1. The van der Waals surface area contributed by atoms with Crippen molar-refractivity contribution in [1.82, 2.24) is 0 Å². The maximum atomic E-state index is 12.4. The molecule has 0 saturated carbocycles. The van der Waals surface area contributed by atoms with Gasteiger partial charge in [0, 0.05) is 24.3 Å². The van der Waals surface area contributed by atoms with Crippen LogP contribution in [0.4, 0.5) is 0 Å². The Morgan fingerprint density at radius 1 is 1.21 bits per heavy atom. The Hall–Kier alpha value is -2.15. The van der Waals surface area contributed by atoms with Gasteiger partial charge in [-0.25, -0.2) is 0 Å². The number of ketones is 1. The summed E-state index contributed by atoms with van der Waals surface area (Å²) in [5.74, 6) is -0.761. The third-order valence-electron chi connectivity index (χ3n) is 4.16. The van der Waals surface area contributed by atoms with E-state index in [1.165, 1.54) is 0 Å². The Morgan fingerprint density at radius 2 is 1.92 bits per heavy atom. The molecule has 1 atom stereocenters. The van der Waals surface area contributed by atoms with E-state index >= 15 is 0 Å². The number of hydrogen-bond acceptors (Lipinski definition) is 5. The second-order valence-corrected chi connectivity index (χ2v) is 5.99. The topological polar surface area (TPSA) is 104 Å². The van der Waals surface area contributed by atoms with Gasteiger partial charge in [0.25, 0.3) is 0 Å². The van der Waals surface area contributed by atoms with E-state index in [0.29, 0.717) is 23.2 Å². The van der Waals surface area contributed by atoms with Crippen LogP contribution in [0, 0.1) is 6.92 Å². The first-order chi connectivity index (χ1) is 11.4. The minimum Gasteiger partial charge on any atom is -0.507 e. The van der Waals surface area contributed by atoms with E-state index < -0.39 is 12.9 Å². The molecule has 24 heavy (non-hydrogen) atoms. The normalized spacial score (nSPS) is 12.0. The maximum absolute atomic E-state index is 12.4. The van der Waals surface area contributed by atoms with Crippen LogP contribution in [0.5, 0.6) is 5.75 Å². The highest BCUT2D eigenvalue weighted by molar-refractivity contribution is 6.43. The Morgan fingerprint density at radius 3 is 2.58 bits per heavy atom. The number of carbonyl (C=O) groups excluding carboxylic acids is 1. The fraction of sp³-hybridized carbons (Fsp3) is 0.278. The van der Waals surface area contributed by atoms with E-state index in [1.807, 2.05) is 6.07 Å². The summed E-state index contributed by atoms with van der Waals surface area (Å²) in [5, 5.41) is 29.3. The SMILES string of the molecule is Cc1cccc(CC(CC(=O)c2cccc(CN)c2)B(O)O)c1O. The zero-order valence-electron chi connectivity index (χ0n) is 13.6. The number of carbonyl (C=O) groups is 1. The van der Waals surface area contributed by atoms with Crippen LogP contribution in [-0.4, -0.2) is 28.1 Å². The van der Waals surface area contributed by atoms with Gasteiger partial charge in [-0.05, 0) is 36.1 Å². The summed E-state index contributed by atoms with van der Waals surface area (Å²) in [6.45, 7) is 2.11. The van der Waals surface area contributed by atoms with Crippen LogP contribution >= 0.6 is 0 Å². The molecule has 0 bridgehead atoms. The summed E-state index contributed by atoms with van der Waals surface area (Å²) in [6, 6.07) is 12.3. The molecule has 0 radical (unpaired) electrons. The number of Topliss-reactive ketones (excluding diaryl/α,β-unsaturated/α-hetero) is 1. The number of aromatic hydroxyl groups is 1. The second kappa shape index (κ2) is 8.10. The first-order valence-corrected chi connectivity index (χ1v) is 7.88. The zero-order chi connectivity index (χ0) is 17.7. The van der Waals surface area contributed by atoms with Gasteiger partial charge in [-0.1, -0.05) is 36.4 Å². The molecule has 5 N–H and O–H groups in total. The molecular formula is C18H22BNO4. The lowest BCUT2D eigenvalue weighted by atomic mass is 9.66. The summed E-state index contributed by atoms with van der Waals surface area (Å²) < 4.78 is 0. The molecule has 6 heteroatoms. The summed E-state index contributed by atoms with van der Waals surface area (Å²) >= 11 is 0. The lowest BCUT2D eigenvalue weighted by Gasteiger charge is -2.17. The Labute approximate surface area is 141 Å². The van der Waals surface area contributed by atoms with Gasteiger partial charge in [-0.2, -0.15) is 0 Å². The first kappa shape index (κ1) is 18.2. The van der Waals surface area contributed by atoms with E-state index in [2.05, 4.69) is 0 Å². The quantitative estimate of drug-likeness (QED) is 0.459. The number of rotatable bonds is 7. The number of hydrogen-bond donors (Lipinski definition) is 4. The fourth-order valence-electron chi connectivity index (χ4n) is 2.68. The molecule has 0 spiro atoms. The summed E-state index contributed by atoms with van der Waals surface area (Å²) in [6.07, 6.45) is 0.173. The lowest BCUT2D eigenvalue weighted by molar-refractivity contribution is 0.0975. The third kappa shape index (κ3) is 4.44. The van der Waals surface area contributed by atoms with E-state index in [0.717, 1.165) is 5.56 Å². The average molecular weight is 327 g/mol. The van der Waals surface area contributed by atoms with Crippen LogP contribution < -0.4 is 5.73 Å². The van der Waals surface area contributed by atoms with Crippen molar-refractivity contribution in [2.75, 3.05) is 0 Å². The minimum absolute atomic E-state index is 0.0287. The van der Waals surface area contributed by atoms with Crippen LogP contribution in [0.25, 0.3) is 0 Å². The predicted molar refractivity (Wildman–Crippen MR) is 93.8 cm³/mol. The van der Waals surface area contributed by atoms with Crippen molar-refractivity contribution in [3.8, 4) is 5.75 Å². The highest BCUT2D eigenvalue weighted by atomic mass is 16.4. The number of benzene rings is 2. The van der Waals surface area contributed by atoms with Gasteiger partial charge < -0.3 is 20.9 Å². The van der Waals surface area contributed by atoms with Crippen molar-refractivity contribution in [2.45, 2.75) is 32.1 Å². The monoisotopic (exact) mass is 327 g/mol. The van der Waals surface area contributed by atoms with Crippen LogP contribution in [0.15, 0.2) is 42.5 Å². The van der Waals surface area contributed by atoms with Gasteiger partial charge in [-0.15, -0.1) is 0 Å². The zero-order valence-corrected chi connectivity index (χ0v) is 13.6. The van der Waals surface area contributed by atoms with Gasteiger partial charge in [0.1, 0.15) is 5.75 Å². The molecule has 0 aliphatic carbocycles. The van der Waals surface area contributed by atoms with E-state index in [4.69, 9.17) is 5.73 Å². The van der Waals surface area contributed by atoms with Crippen molar-refractivity contribution in [2.24, 2.45) is 5.73 Å². The maximum Gasteiger partial charge on any atom is 0.455 e. The molecule has 0 saturated heterocycles. The van der Waals surface area contributed by atoms with E-state index in [-0.39, 0.29) is 24.4 Å². The molecule has 0 fully saturated rings. The van der Waals surface area contributed by atoms with Crippen LogP contribution in [0.2, 0.25) is 5.82 Å². The highest BCUT2D eigenvalue weighted by Gasteiger charge is 2.27. The lowest BCUT2D eigenvalue weighted by Crippen LogP contribution is -2.25. The Kier molecular flexibility index (Phi) is 6.14. The van der Waals surface area contributed by atoms with E-state index in [9.17, 15) is 19.9 Å². The van der Waals surface area contributed by atoms with Gasteiger partial charge in [0.15, 0.2) is 5.78 Å². The molecule has 1 unspecified atom stereocenters. The molecule has 0 aliphatic heterocycles. The van der Waals surface area contributed by atoms with Crippen molar-refractivity contribution < 1.29 is 19.9 Å². The van der Waals surface area contributed by atoms with Crippen molar-refractivity contribution in [1.29, 1.82) is 0 Å². The second-order valence-electron chi connectivity index (χ2n) is 5.99. The number of para-hydroxylation sites is 1. The van der Waals surface area contributed by atoms with E-state index in [1.54, 1.807) is 43.3 Å². The number of nitrogens with two attached hydrogens (primary N) is 1. The van der Waals surface area contributed by atoms with Crippen molar-refractivity contribution >= 4 is 12.9 Å². The first-order valence-electron chi connectivity index (χ1n) is 7.88. The predicted octanol–water partition coefficient (Wildman–Crippen LogP) is 1.82. The molecule has 0 aliphatic rings. The summed E-state index contributed by atoms with van der Waals surface area (Å²) in [7, 11) is -1.65.